The van der Waals surface area contributed by atoms with Crippen molar-refractivity contribution in [3.8, 4) is 0 Å². The van der Waals surface area contributed by atoms with Crippen molar-refractivity contribution in [2.45, 2.75) is 24.8 Å². The van der Waals surface area contributed by atoms with Crippen molar-refractivity contribution in [3.05, 3.63) is 108 Å². The number of nitrogens with one attached hydrogen (secondary N) is 3. The number of H-pyrrole nitrogens is 1. The molecule has 35 heavy (non-hydrogen) atoms. The average molecular weight is 470 g/mol. The number of hydrogen-bond acceptors (Lipinski definition) is 3. The summed E-state index contributed by atoms with van der Waals surface area (Å²) in [6.45, 7) is 1.04. The van der Waals surface area contributed by atoms with Crippen molar-refractivity contribution in [3.63, 3.8) is 0 Å². The van der Waals surface area contributed by atoms with E-state index in [1.54, 1.807) is 7.11 Å². The van der Waals surface area contributed by atoms with E-state index in [1.807, 2.05) is 91.1 Å². The number of aromatic nitrogens is 1. The summed E-state index contributed by atoms with van der Waals surface area (Å²) in [4.78, 5) is 30.2. The second-order valence-corrected chi connectivity index (χ2v) is 8.52. The number of carbonyl (C=O) groups is 2. The summed E-state index contributed by atoms with van der Waals surface area (Å²) in [5, 5.41) is 7.06. The van der Waals surface area contributed by atoms with E-state index < -0.39 is 12.0 Å². The van der Waals surface area contributed by atoms with Gasteiger partial charge in [-0.05, 0) is 29.2 Å². The fraction of sp³-hybridized carbons (Fsp3) is 0.241. The molecular formula is C29H31N3O3. The Morgan fingerprint density at radius 2 is 1.49 bits per heavy atom. The molecule has 0 spiro atoms. The highest BCUT2D eigenvalue weighted by Crippen LogP contribution is 2.25. The molecule has 2 amide bonds. The van der Waals surface area contributed by atoms with E-state index in [1.165, 1.54) is 0 Å². The standard InChI is InChI=1S/C29H31N3O3/c1-35-18-10-17-30-28(33)26(19-23-20-31-25-16-9-8-15-24(23)25)32-29(34)27(21-11-4-2-5-12-21)22-13-6-3-7-14-22/h2-9,11-16,20,26-27,31H,10,17-19H2,1H3,(H,30,33)(H,32,34)/t26-/m0/s1. The molecule has 0 radical (unpaired) electrons. The molecule has 0 aliphatic heterocycles. The smallest absolute Gasteiger partial charge is 0.242 e. The summed E-state index contributed by atoms with van der Waals surface area (Å²) in [7, 11) is 1.63. The summed E-state index contributed by atoms with van der Waals surface area (Å²) >= 11 is 0. The Morgan fingerprint density at radius 1 is 0.857 bits per heavy atom. The summed E-state index contributed by atoms with van der Waals surface area (Å²) in [6.07, 6.45) is 2.99. The fourth-order valence-corrected chi connectivity index (χ4v) is 4.32. The van der Waals surface area contributed by atoms with E-state index in [0.717, 1.165) is 27.6 Å². The van der Waals surface area contributed by atoms with Crippen LogP contribution in [0.3, 0.4) is 0 Å². The van der Waals surface area contributed by atoms with Crippen LogP contribution in [0.2, 0.25) is 0 Å². The van der Waals surface area contributed by atoms with Crippen LogP contribution < -0.4 is 10.6 Å². The third kappa shape index (κ3) is 6.16. The number of methoxy groups -OCH3 is 1. The zero-order valence-electron chi connectivity index (χ0n) is 19.9. The van der Waals surface area contributed by atoms with E-state index >= 15 is 0 Å². The maximum Gasteiger partial charge on any atom is 0.242 e. The molecule has 0 saturated carbocycles. The van der Waals surface area contributed by atoms with E-state index in [2.05, 4.69) is 15.6 Å². The Morgan fingerprint density at radius 3 is 2.14 bits per heavy atom. The first kappa shape index (κ1) is 24.2. The van der Waals surface area contributed by atoms with Gasteiger partial charge in [-0.25, -0.2) is 0 Å². The van der Waals surface area contributed by atoms with E-state index in [4.69, 9.17) is 4.74 Å². The molecule has 0 saturated heterocycles. The summed E-state index contributed by atoms with van der Waals surface area (Å²) in [6, 6.07) is 26.5. The van der Waals surface area contributed by atoms with Crippen LogP contribution in [0.4, 0.5) is 0 Å². The van der Waals surface area contributed by atoms with Gasteiger partial charge in [0.25, 0.3) is 0 Å². The predicted octanol–water partition coefficient (Wildman–Crippen LogP) is 4.18. The highest BCUT2D eigenvalue weighted by atomic mass is 16.5. The van der Waals surface area contributed by atoms with E-state index in [0.29, 0.717) is 26.0 Å². The number of rotatable bonds is 11. The minimum Gasteiger partial charge on any atom is -0.385 e. The molecule has 6 heteroatoms. The van der Waals surface area contributed by atoms with Gasteiger partial charge < -0.3 is 20.4 Å². The third-order valence-electron chi connectivity index (χ3n) is 6.08. The number of amides is 2. The van der Waals surface area contributed by atoms with Crippen LogP contribution in [0.1, 0.15) is 29.0 Å². The lowest BCUT2D eigenvalue weighted by molar-refractivity contribution is -0.129. The summed E-state index contributed by atoms with van der Waals surface area (Å²) in [5.74, 6) is -0.942. The Kier molecular flexibility index (Phi) is 8.30. The van der Waals surface area contributed by atoms with Gasteiger partial charge in [0.1, 0.15) is 6.04 Å². The molecule has 1 heterocycles. The molecule has 3 aromatic carbocycles. The molecular weight excluding hydrogens is 438 g/mol. The number of benzene rings is 3. The molecule has 1 atom stereocenters. The lowest BCUT2D eigenvalue weighted by Crippen LogP contribution is -2.49. The first-order chi connectivity index (χ1) is 17.2. The molecule has 0 fully saturated rings. The predicted molar refractivity (Wildman–Crippen MR) is 138 cm³/mol. The highest BCUT2D eigenvalue weighted by Gasteiger charge is 2.28. The molecule has 0 aliphatic rings. The van der Waals surface area contributed by atoms with Gasteiger partial charge in [0.15, 0.2) is 0 Å². The Bertz CT molecular complexity index is 1200. The number of carbonyl (C=O) groups excluding carboxylic acids is 2. The SMILES string of the molecule is COCCCNC(=O)[C@H](Cc1c[nH]c2ccccc12)NC(=O)C(c1ccccc1)c1ccccc1. The van der Waals surface area contributed by atoms with Gasteiger partial charge in [-0.15, -0.1) is 0 Å². The third-order valence-corrected chi connectivity index (χ3v) is 6.08. The van der Waals surface area contributed by atoms with Crippen molar-refractivity contribution in [2.24, 2.45) is 0 Å². The monoisotopic (exact) mass is 469 g/mol. The number of fused-ring (bicyclic) bond motifs is 1. The Balaban J connectivity index is 1.60. The number of ether oxygens (including phenoxy) is 1. The fourth-order valence-electron chi connectivity index (χ4n) is 4.32. The molecule has 4 aromatic rings. The molecule has 0 bridgehead atoms. The van der Waals surface area contributed by atoms with E-state index in [9.17, 15) is 9.59 Å². The van der Waals surface area contributed by atoms with Gasteiger partial charge in [0, 0.05) is 43.8 Å². The van der Waals surface area contributed by atoms with Crippen molar-refractivity contribution in [2.75, 3.05) is 20.3 Å². The van der Waals surface area contributed by atoms with Gasteiger partial charge in [-0.3, -0.25) is 9.59 Å². The zero-order valence-corrected chi connectivity index (χ0v) is 19.9. The minimum absolute atomic E-state index is 0.209. The van der Waals surface area contributed by atoms with Gasteiger partial charge in [0.2, 0.25) is 11.8 Å². The summed E-state index contributed by atoms with van der Waals surface area (Å²) in [5.41, 5.74) is 3.73. The largest absolute Gasteiger partial charge is 0.385 e. The maximum atomic E-state index is 13.7. The maximum absolute atomic E-state index is 13.7. The molecule has 6 nitrogen and oxygen atoms in total. The van der Waals surface area contributed by atoms with Crippen molar-refractivity contribution < 1.29 is 14.3 Å². The van der Waals surface area contributed by atoms with Crippen LogP contribution in [0, 0.1) is 0 Å². The summed E-state index contributed by atoms with van der Waals surface area (Å²) < 4.78 is 5.09. The van der Waals surface area contributed by atoms with Gasteiger partial charge >= 0.3 is 0 Å². The Labute approximate surface area is 205 Å². The number of aromatic amines is 1. The molecule has 0 aliphatic carbocycles. The van der Waals surface area contributed by atoms with Crippen LogP contribution >= 0.6 is 0 Å². The van der Waals surface area contributed by atoms with Gasteiger partial charge in [0.05, 0.1) is 5.92 Å². The Hall–Kier alpha value is -3.90. The minimum atomic E-state index is -0.723. The van der Waals surface area contributed by atoms with Gasteiger partial charge in [-0.2, -0.15) is 0 Å². The lowest BCUT2D eigenvalue weighted by Gasteiger charge is -2.23. The van der Waals surface area contributed by atoms with Crippen molar-refractivity contribution in [1.82, 2.24) is 15.6 Å². The van der Waals surface area contributed by atoms with Crippen molar-refractivity contribution in [1.29, 1.82) is 0 Å². The number of hydrogen-bond donors (Lipinski definition) is 3. The quantitative estimate of drug-likeness (QED) is 0.288. The lowest BCUT2D eigenvalue weighted by atomic mass is 9.90. The first-order valence-corrected chi connectivity index (χ1v) is 11.9. The molecule has 3 N–H and O–H groups in total. The molecule has 1 aromatic heterocycles. The first-order valence-electron chi connectivity index (χ1n) is 11.9. The van der Waals surface area contributed by atoms with Crippen LogP contribution in [-0.2, 0) is 20.7 Å². The second kappa shape index (κ2) is 12.0. The van der Waals surface area contributed by atoms with Crippen molar-refractivity contribution >= 4 is 22.7 Å². The van der Waals surface area contributed by atoms with Crippen LogP contribution in [0.25, 0.3) is 10.9 Å². The van der Waals surface area contributed by atoms with Gasteiger partial charge in [-0.1, -0.05) is 78.9 Å². The number of para-hydroxylation sites is 1. The second-order valence-electron chi connectivity index (χ2n) is 8.52. The van der Waals surface area contributed by atoms with Crippen LogP contribution in [0.15, 0.2) is 91.1 Å². The highest BCUT2D eigenvalue weighted by molar-refractivity contribution is 5.93. The van der Waals surface area contributed by atoms with E-state index in [-0.39, 0.29) is 11.8 Å². The van der Waals surface area contributed by atoms with Crippen LogP contribution in [0.5, 0.6) is 0 Å². The molecule has 180 valence electrons. The normalized spacial score (nSPS) is 11.9. The zero-order chi connectivity index (χ0) is 24.5. The topological polar surface area (TPSA) is 83.2 Å². The molecule has 4 rings (SSSR count). The molecule has 0 unspecified atom stereocenters. The average Bonchev–Trinajstić information content (AvgIpc) is 3.30. The van der Waals surface area contributed by atoms with Crippen LogP contribution in [-0.4, -0.2) is 43.1 Å².